The van der Waals surface area contributed by atoms with E-state index < -0.39 is 25.1 Å². The number of anilines is 1. The summed E-state index contributed by atoms with van der Waals surface area (Å²) in [4.78, 5) is 0. The summed E-state index contributed by atoms with van der Waals surface area (Å²) in [5.41, 5.74) is 11.0. The maximum atomic E-state index is 13.9. The maximum absolute atomic E-state index is 13.9. The Kier molecular flexibility index (Phi) is 12.5. The van der Waals surface area contributed by atoms with Gasteiger partial charge >= 0.3 is 7.99 Å². The van der Waals surface area contributed by atoms with Crippen LogP contribution in [-0.2, 0) is 20.5 Å². The summed E-state index contributed by atoms with van der Waals surface area (Å²) in [7, 11) is -0.231. The van der Waals surface area contributed by atoms with Gasteiger partial charge in [0.2, 0.25) is 0 Å². The smallest absolute Gasteiger partial charge is 0.298 e. The lowest BCUT2D eigenvalue weighted by Gasteiger charge is -2.48. The summed E-state index contributed by atoms with van der Waals surface area (Å²) >= 11 is 0. The second kappa shape index (κ2) is 16.9. The van der Waals surface area contributed by atoms with Crippen molar-refractivity contribution in [2.75, 3.05) is 18.0 Å². The van der Waals surface area contributed by atoms with Gasteiger partial charge < -0.3 is 0 Å². The fourth-order valence-electron chi connectivity index (χ4n) is 9.71. The van der Waals surface area contributed by atoms with Crippen molar-refractivity contribution in [3.63, 3.8) is 0 Å². The number of hydrogen-bond acceptors (Lipinski definition) is 4. The SMILES string of the molecule is CCCc1cc(C)cc(P)c1-c1ccccc1[P+](C1CCCCC1)(C1CCCCC1)P(OS(C)(=O)=O)N(C)c1ccccc1-c1ccccc1C1CC1. The zero-order valence-electron chi connectivity index (χ0n) is 32.3. The van der Waals surface area contributed by atoms with Gasteiger partial charge in [-0.05, 0) is 123 Å². The van der Waals surface area contributed by atoms with Gasteiger partial charge in [0.05, 0.1) is 23.3 Å². The van der Waals surface area contributed by atoms with Crippen molar-refractivity contribution in [1.82, 2.24) is 0 Å². The molecule has 3 fully saturated rings. The van der Waals surface area contributed by atoms with Crippen molar-refractivity contribution >= 4 is 50.6 Å². The first-order chi connectivity index (χ1) is 25.6. The van der Waals surface area contributed by atoms with Crippen LogP contribution in [-0.4, -0.2) is 33.0 Å². The van der Waals surface area contributed by atoms with Crippen LogP contribution in [0, 0.1) is 6.92 Å². The van der Waals surface area contributed by atoms with E-state index in [9.17, 15) is 8.42 Å². The molecule has 8 heteroatoms. The molecule has 2 atom stereocenters. The van der Waals surface area contributed by atoms with Crippen molar-refractivity contribution < 1.29 is 12.4 Å². The van der Waals surface area contributed by atoms with Crippen LogP contribution in [0.4, 0.5) is 5.69 Å². The van der Waals surface area contributed by atoms with Gasteiger partial charge in [-0.3, -0.25) is 4.67 Å². The predicted octanol–water partition coefficient (Wildman–Crippen LogP) is 12.3. The molecule has 53 heavy (non-hydrogen) atoms. The maximum Gasteiger partial charge on any atom is 0.328 e. The summed E-state index contributed by atoms with van der Waals surface area (Å²) in [6.45, 7) is 2.03. The zero-order valence-corrected chi connectivity index (χ0v) is 36.0. The first-order valence-electron chi connectivity index (χ1n) is 20.1. The molecule has 4 aromatic carbocycles. The Morgan fingerprint density at radius 1 is 0.774 bits per heavy atom. The normalized spacial score (nSPS) is 18.2. The van der Waals surface area contributed by atoms with Gasteiger partial charge in [0.15, 0.2) is 0 Å². The molecule has 4 nitrogen and oxygen atoms in total. The van der Waals surface area contributed by atoms with Crippen LogP contribution in [0.2, 0.25) is 0 Å². The number of hydrogen-bond donors (Lipinski definition) is 0. The summed E-state index contributed by atoms with van der Waals surface area (Å²) in [6.07, 6.45) is 17.6. The molecule has 3 aliphatic rings. The molecule has 0 amide bonds. The van der Waals surface area contributed by atoms with Gasteiger partial charge in [-0.1, -0.05) is 105 Å². The van der Waals surface area contributed by atoms with Crippen LogP contribution in [0.3, 0.4) is 0 Å². The molecule has 4 aromatic rings. The van der Waals surface area contributed by atoms with Crippen molar-refractivity contribution in [2.24, 2.45) is 0 Å². The average Bonchev–Trinajstić information content (AvgIpc) is 4.01. The molecule has 0 aliphatic heterocycles. The Morgan fingerprint density at radius 3 is 1.94 bits per heavy atom. The molecule has 0 radical (unpaired) electrons. The highest BCUT2D eigenvalue weighted by Gasteiger charge is 2.65. The van der Waals surface area contributed by atoms with E-state index in [2.05, 4.69) is 120 Å². The van der Waals surface area contributed by atoms with E-state index in [4.69, 9.17) is 3.97 Å². The summed E-state index contributed by atoms with van der Waals surface area (Å²) < 4.78 is 37.0. The Bertz CT molecular complexity index is 1980. The number of aryl methyl sites for hydroxylation is 2. The van der Waals surface area contributed by atoms with Gasteiger partial charge in [-0.25, -0.2) is 0 Å². The Balaban J connectivity index is 1.54. The average molecular weight is 787 g/mol. The minimum atomic E-state index is -3.83. The van der Waals surface area contributed by atoms with Gasteiger partial charge in [0.1, 0.15) is 12.3 Å². The van der Waals surface area contributed by atoms with Crippen molar-refractivity contribution in [2.45, 2.75) is 121 Å². The quantitative estimate of drug-likeness (QED) is 0.127. The minimum Gasteiger partial charge on any atom is -0.298 e. The fraction of sp³-hybridized carbons (Fsp3) is 0.467. The van der Waals surface area contributed by atoms with E-state index in [1.165, 1.54) is 107 Å². The monoisotopic (exact) mass is 786 g/mol. The molecule has 282 valence electrons. The third-order valence-electron chi connectivity index (χ3n) is 12.0. The summed E-state index contributed by atoms with van der Waals surface area (Å²) in [5.74, 6) is 0.592. The Labute approximate surface area is 324 Å². The molecule has 0 bridgehead atoms. The number of rotatable bonds is 13. The second-order valence-corrected chi connectivity index (χ2v) is 26.1. The lowest BCUT2D eigenvalue weighted by molar-refractivity contribution is 0.482. The van der Waals surface area contributed by atoms with Crippen LogP contribution in [0.15, 0.2) is 84.9 Å². The van der Waals surface area contributed by atoms with E-state index >= 15 is 0 Å². The van der Waals surface area contributed by atoms with Crippen LogP contribution in [0.25, 0.3) is 22.3 Å². The van der Waals surface area contributed by atoms with E-state index in [1.54, 1.807) is 0 Å². The highest BCUT2D eigenvalue weighted by molar-refractivity contribution is 8.42. The summed E-state index contributed by atoms with van der Waals surface area (Å²) in [6, 6.07) is 31.6. The fourth-order valence-corrected chi connectivity index (χ4v) is 26.1. The summed E-state index contributed by atoms with van der Waals surface area (Å²) in [5, 5.41) is 2.64. The van der Waals surface area contributed by atoms with Crippen LogP contribution in [0.5, 0.6) is 0 Å². The molecule has 2 unspecified atom stereocenters. The highest BCUT2D eigenvalue weighted by atomic mass is 32.3. The first kappa shape index (κ1) is 39.1. The van der Waals surface area contributed by atoms with Gasteiger partial charge in [0.25, 0.3) is 10.1 Å². The Morgan fingerprint density at radius 2 is 1.34 bits per heavy atom. The number of benzene rings is 4. The molecule has 0 aromatic heterocycles. The lowest BCUT2D eigenvalue weighted by Crippen LogP contribution is -2.38. The minimum absolute atomic E-state index is 0.398. The van der Waals surface area contributed by atoms with Crippen LogP contribution >= 0.6 is 24.2 Å². The predicted molar refractivity (Wildman–Crippen MR) is 235 cm³/mol. The number of para-hydroxylation sites is 1. The van der Waals surface area contributed by atoms with Gasteiger partial charge in [-0.2, -0.15) is 12.4 Å². The zero-order chi connectivity index (χ0) is 37.2. The lowest BCUT2D eigenvalue weighted by atomic mass is 9.95. The highest BCUT2D eigenvalue weighted by Crippen LogP contribution is 2.92. The molecule has 0 spiro atoms. The molecular weight excluding hydrogens is 727 g/mol. The molecule has 0 heterocycles. The van der Waals surface area contributed by atoms with E-state index in [0.717, 1.165) is 44.2 Å². The van der Waals surface area contributed by atoms with Gasteiger partial charge in [0, 0.05) is 18.2 Å². The molecule has 0 saturated heterocycles. The standard InChI is InChI=1S/C45H59NO3P3S/c1-5-18-35-31-33(2)32-43(50)45(35)41-26-15-17-28-44(41)52(36-19-8-6-9-20-36,37-21-10-7-11-22-37)51(49-53(4,47)48)46(3)42-27-16-14-25-40(42)39-24-13-12-23-38(39)34-29-30-34/h12-17,23-28,31-32,34,36-37H,5-11,18-22,29-30,50H2,1-4H3/q+1. The Hall–Kier alpha value is -2.12. The van der Waals surface area contributed by atoms with E-state index in [1.807, 2.05) is 0 Å². The molecular formula is C45H59NO3P3S+. The van der Waals surface area contributed by atoms with Crippen molar-refractivity contribution in [3.05, 3.63) is 102 Å². The number of nitrogens with zero attached hydrogens (tertiary/aromatic N) is 1. The molecule has 3 aliphatic carbocycles. The van der Waals surface area contributed by atoms with Gasteiger partial charge in [-0.15, -0.1) is 9.24 Å². The second-order valence-electron chi connectivity index (χ2n) is 15.9. The van der Waals surface area contributed by atoms with Crippen LogP contribution < -0.4 is 15.3 Å². The van der Waals surface area contributed by atoms with E-state index in [0.29, 0.717) is 17.2 Å². The molecule has 3 saturated carbocycles. The van der Waals surface area contributed by atoms with Crippen LogP contribution in [0.1, 0.15) is 113 Å². The van der Waals surface area contributed by atoms with Crippen molar-refractivity contribution in [1.29, 1.82) is 0 Å². The molecule has 7 rings (SSSR count). The van der Waals surface area contributed by atoms with E-state index in [-0.39, 0.29) is 0 Å². The largest absolute Gasteiger partial charge is 0.328 e. The first-order valence-corrected chi connectivity index (χ1v) is 26.4. The molecule has 0 N–H and O–H groups in total. The third kappa shape index (κ3) is 8.23. The van der Waals surface area contributed by atoms with Crippen molar-refractivity contribution in [3.8, 4) is 22.3 Å². The topological polar surface area (TPSA) is 46.6 Å². The third-order valence-corrected chi connectivity index (χ3v) is 25.5.